The van der Waals surface area contributed by atoms with Crippen LogP contribution in [0.2, 0.25) is 0 Å². The Morgan fingerprint density at radius 2 is 1.89 bits per heavy atom. The van der Waals surface area contributed by atoms with E-state index in [0.29, 0.717) is 22.3 Å². The summed E-state index contributed by atoms with van der Waals surface area (Å²) in [6.45, 7) is 0.999. The van der Waals surface area contributed by atoms with E-state index in [9.17, 15) is 35.4 Å². The van der Waals surface area contributed by atoms with Gasteiger partial charge in [0.25, 0.3) is 0 Å². The predicted molar refractivity (Wildman–Crippen MR) is 130 cm³/mol. The summed E-state index contributed by atoms with van der Waals surface area (Å²) in [6, 6.07) is 4.66. The number of carbonyl (C=O) groups excluding carboxylic acids is 1. The molecule has 37 heavy (non-hydrogen) atoms. The zero-order valence-corrected chi connectivity index (χ0v) is 20.2. The lowest BCUT2D eigenvalue weighted by atomic mass is 9.94. The van der Waals surface area contributed by atoms with Gasteiger partial charge in [-0.2, -0.15) is 0 Å². The quantitative estimate of drug-likeness (QED) is 0.241. The zero-order chi connectivity index (χ0) is 26.9. The number of allylic oxidation sites excluding steroid dienone is 3. The van der Waals surface area contributed by atoms with Crippen LogP contribution in [0.3, 0.4) is 0 Å². The Balaban J connectivity index is 1.71. The Morgan fingerprint density at radius 1 is 1.14 bits per heavy atom. The number of methoxy groups -OCH3 is 1. The summed E-state index contributed by atoms with van der Waals surface area (Å²) in [5.74, 6) is -0.813. The van der Waals surface area contributed by atoms with E-state index in [2.05, 4.69) is 4.99 Å². The Morgan fingerprint density at radius 3 is 2.54 bits per heavy atom. The largest absolute Gasteiger partial charge is 0.875 e. The van der Waals surface area contributed by atoms with E-state index in [4.69, 9.17) is 14.2 Å². The molecule has 0 spiro atoms. The summed E-state index contributed by atoms with van der Waals surface area (Å²) in [7, 11) is 1.42. The smallest absolute Gasteiger partial charge is 0.229 e. The van der Waals surface area contributed by atoms with Crippen molar-refractivity contribution in [2.45, 2.75) is 50.5 Å². The topological polar surface area (TPSA) is 181 Å². The van der Waals surface area contributed by atoms with E-state index >= 15 is 0 Å². The molecule has 2 aromatic rings. The monoisotopic (exact) mass is 514 g/mol. The molecule has 0 aromatic heterocycles. The van der Waals surface area contributed by atoms with Crippen LogP contribution in [0.5, 0.6) is 17.2 Å². The Bertz CT molecular complexity index is 1270. The van der Waals surface area contributed by atoms with Crippen LogP contribution in [0.1, 0.15) is 28.8 Å². The van der Waals surface area contributed by atoms with Crippen molar-refractivity contribution in [3.8, 4) is 17.2 Å². The third-order valence-corrected chi connectivity index (χ3v) is 6.41. The van der Waals surface area contributed by atoms with Gasteiger partial charge in [-0.15, -0.1) is 5.76 Å². The van der Waals surface area contributed by atoms with Gasteiger partial charge >= 0.3 is 0 Å². The summed E-state index contributed by atoms with van der Waals surface area (Å²) in [4.78, 5) is 16.9. The minimum Gasteiger partial charge on any atom is -0.875 e. The first-order valence-corrected chi connectivity index (χ1v) is 11.6. The van der Waals surface area contributed by atoms with Gasteiger partial charge in [-0.25, -0.2) is 0 Å². The molecule has 2 heterocycles. The lowest BCUT2D eigenvalue weighted by Crippen LogP contribution is -2.60. The number of rotatable bonds is 8. The first kappa shape index (κ1) is 26.6. The number of ether oxygens (including phenoxy) is 3. The van der Waals surface area contributed by atoms with Crippen LogP contribution >= 0.6 is 0 Å². The van der Waals surface area contributed by atoms with Gasteiger partial charge in [0.15, 0.2) is 5.78 Å². The molecule has 5 unspecified atom stereocenters. The van der Waals surface area contributed by atoms with Gasteiger partial charge in [0.05, 0.1) is 24.7 Å². The van der Waals surface area contributed by atoms with Crippen LogP contribution in [-0.4, -0.2) is 82.0 Å². The maximum Gasteiger partial charge on any atom is 0.229 e. The second-order valence-electron chi connectivity index (χ2n) is 8.85. The number of aliphatic hydroxyl groups is 4. The maximum absolute atomic E-state index is 13.1. The van der Waals surface area contributed by atoms with Gasteiger partial charge in [-0.3, -0.25) is 9.79 Å². The number of benzene rings is 2. The number of phenols is 1. The second kappa shape index (κ2) is 10.9. The van der Waals surface area contributed by atoms with E-state index in [1.807, 2.05) is 0 Å². The van der Waals surface area contributed by atoms with Crippen molar-refractivity contribution >= 4 is 22.8 Å². The highest BCUT2D eigenvalue weighted by Gasteiger charge is 2.45. The average molecular weight is 515 g/mol. The van der Waals surface area contributed by atoms with Crippen LogP contribution in [0.4, 0.5) is 0 Å². The lowest BCUT2D eigenvalue weighted by Gasteiger charge is -2.39. The van der Waals surface area contributed by atoms with Gasteiger partial charge < -0.3 is 44.8 Å². The minimum atomic E-state index is -1.69. The Hall–Kier alpha value is -3.48. The number of Topliss-reactive ketones (excluding diaryl/α,β-unsaturated/α-hetero) is 1. The van der Waals surface area contributed by atoms with E-state index < -0.39 is 48.8 Å². The molecule has 5 N–H and O–H groups in total. The number of aromatic hydroxyl groups is 1. The standard InChI is InChI=1S/C26H29NO10/c1-12-7-14-8-15(35-2)9-18(36-26-25(34)24(33)22(31)19(11-28)37-26)21(14)23(32)20(12)17(30)4-3-16(29)13-5-6-27-10-13/h5-10,19,22,24-26,28-29,31-34H,3-4,11H2,1-2H3/p-1. The van der Waals surface area contributed by atoms with E-state index in [1.165, 1.54) is 25.6 Å². The molecule has 4 rings (SSSR count). The molecule has 0 aliphatic carbocycles. The summed E-state index contributed by atoms with van der Waals surface area (Å²) in [5.41, 5.74) is 0.865. The van der Waals surface area contributed by atoms with Crippen molar-refractivity contribution in [1.82, 2.24) is 0 Å². The third kappa shape index (κ3) is 5.17. The molecular weight excluding hydrogens is 486 g/mol. The first-order valence-electron chi connectivity index (χ1n) is 11.6. The highest BCUT2D eigenvalue weighted by atomic mass is 16.7. The van der Waals surface area contributed by atoms with Crippen molar-refractivity contribution in [3.63, 3.8) is 0 Å². The molecule has 5 atom stereocenters. The number of ketones is 1. The molecule has 1 saturated heterocycles. The molecule has 0 radical (unpaired) electrons. The molecule has 11 nitrogen and oxygen atoms in total. The Kier molecular flexibility index (Phi) is 7.81. The van der Waals surface area contributed by atoms with Gasteiger partial charge in [-0.1, -0.05) is 6.07 Å². The first-order chi connectivity index (χ1) is 17.7. The molecule has 11 heteroatoms. The number of carbonyl (C=O) groups is 1. The number of hydrogen-bond donors (Lipinski definition) is 5. The highest BCUT2D eigenvalue weighted by Crippen LogP contribution is 2.42. The fourth-order valence-electron chi connectivity index (χ4n) is 4.40. The molecule has 2 aliphatic rings. The van der Waals surface area contributed by atoms with Gasteiger partial charge in [0.2, 0.25) is 6.29 Å². The summed E-state index contributed by atoms with van der Waals surface area (Å²) >= 11 is 0. The molecule has 1 fully saturated rings. The number of fused-ring (bicyclic) bond motifs is 1. The van der Waals surface area contributed by atoms with Gasteiger partial charge in [-0.05, 0) is 42.0 Å². The third-order valence-electron chi connectivity index (χ3n) is 6.41. The molecule has 0 saturated carbocycles. The summed E-state index contributed by atoms with van der Waals surface area (Å²) < 4.78 is 16.6. The molecule has 2 aromatic carbocycles. The van der Waals surface area contributed by atoms with E-state index in [1.54, 1.807) is 25.1 Å². The van der Waals surface area contributed by atoms with E-state index in [0.717, 1.165) is 0 Å². The van der Waals surface area contributed by atoms with Crippen molar-refractivity contribution < 1.29 is 49.6 Å². The minimum absolute atomic E-state index is 0.00440. The number of phenolic OH excluding ortho intramolecular Hbond substituents is 1. The molecule has 198 valence electrons. The fourth-order valence-corrected chi connectivity index (χ4v) is 4.40. The van der Waals surface area contributed by atoms with Crippen molar-refractivity contribution in [2.75, 3.05) is 13.7 Å². The maximum atomic E-state index is 13.1. The molecule has 0 bridgehead atoms. The number of hydrogen-bond acceptors (Lipinski definition) is 11. The second-order valence-corrected chi connectivity index (χ2v) is 8.85. The highest BCUT2D eigenvalue weighted by molar-refractivity contribution is 6.08. The van der Waals surface area contributed by atoms with Crippen LogP contribution in [0.15, 0.2) is 46.8 Å². The van der Waals surface area contributed by atoms with Crippen molar-refractivity contribution in [1.29, 1.82) is 0 Å². The van der Waals surface area contributed by atoms with E-state index in [-0.39, 0.29) is 35.3 Å². The van der Waals surface area contributed by atoms with Crippen LogP contribution < -0.4 is 14.6 Å². The summed E-state index contributed by atoms with van der Waals surface area (Å²) in [6.07, 6.45) is -3.43. The van der Waals surface area contributed by atoms with Gasteiger partial charge in [0, 0.05) is 24.9 Å². The molecular formula is C26H28NO10-. The van der Waals surface area contributed by atoms with Crippen molar-refractivity contribution in [2.24, 2.45) is 4.99 Å². The summed E-state index contributed by atoms with van der Waals surface area (Å²) in [5, 5.41) is 64.1. The number of nitrogens with zero attached hydrogens (tertiary/aromatic N) is 1. The number of aryl methyl sites for hydroxylation is 1. The Labute approximate surface area is 212 Å². The number of aliphatic hydroxyl groups excluding tert-OH is 4. The van der Waals surface area contributed by atoms with Crippen molar-refractivity contribution in [3.05, 3.63) is 52.9 Å². The molecule has 2 aliphatic heterocycles. The zero-order valence-electron chi connectivity index (χ0n) is 20.2. The van der Waals surface area contributed by atoms with Crippen LogP contribution in [0.25, 0.3) is 10.8 Å². The lowest BCUT2D eigenvalue weighted by molar-refractivity contribution is -0.307. The SMILES string of the molecule is COc1cc(OC2OC(CO)C(O)C(O)C2O)c2c(O)c(C(=O)CCC([O-])=C3C=CN=C3)c(C)cc2c1. The average Bonchev–Trinajstić information content (AvgIpc) is 3.42. The normalized spacial score (nSPS) is 26.5. The molecule has 0 amide bonds. The van der Waals surface area contributed by atoms with Crippen LogP contribution in [-0.2, 0) is 4.74 Å². The van der Waals surface area contributed by atoms with Crippen LogP contribution in [0, 0.1) is 6.92 Å². The fraction of sp³-hybridized carbons (Fsp3) is 0.385. The van der Waals surface area contributed by atoms with Gasteiger partial charge in [0.1, 0.15) is 41.7 Å². The predicted octanol–water partition coefficient (Wildman–Crippen LogP) is 0.217. The number of aliphatic imine (C=N–C) groups is 1.